The SMILES string of the molecule is O=C(O)c1nc2ccc(CN3CCOCC3)cn2c(=O)c1OCc1ccccc1. The maximum atomic E-state index is 13.0. The molecule has 0 bridgehead atoms. The Kier molecular flexibility index (Phi) is 5.55. The molecule has 0 aliphatic carbocycles. The van der Waals surface area contributed by atoms with Crippen LogP contribution in [0.5, 0.6) is 5.75 Å². The Morgan fingerprint density at radius 1 is 1.10 bits per heavy atom. The highest BCUT2D eigenvalue weighted by atomic mass is 16.5. The molecule has 0 unspecified atom stereocenters. The lowest BCUT2D eigenvalue weighted by molar-refractivity contribution is 0.0341. The largest absolute Gasteiger partial charge is 0.481 e. The number of ether oxygens (including phenoxy) is 2. The van der Waals surface area contributed by atoms with E-state index in [1.54, 1.807) is 12.3 Å². The van der Waals surface area contributed by atoms with Gasteiger partial charge in [-0.1, -0.05) is 36.4 Å². The number of hydrogen-bond acceptors (Lipinski definition) is 6. The molecule has 1 saturated heterocycles. The molecule has 2 aromatic heterocycles. The van der Waals surface area contributed by atoms with E-state index < -0.39 is 11.5 Å². The van der Waals surface area contributed by atoms with E-state index in [-0.39, 0.29) is 23.7 Å². The van der Waals surface area contributed by atoms with Crippen LogP contribution in [0.25, 0.3) is 5.65 Å². The van der Waals surface area contributed by atoms with Crippen molar-refractivity contribution in [3.63, 3.8) is 0 Å². The summed E-state index contributed by atoms with van der Waals surface area (Å²) in [5, 5.41) is 9.51. The number of hydrogen-bond donors (Lipinski definition) is 1. The summed E-state index contributed by atoms with van der Waals surface area (Å²) in [4.78, 5) is 31.0. The maximum absolute atomic E-state index is 13.0. The molecule has 1 aliphatic heterocycles. The second-order valence-corrected chi connectivity index (χ2v) is 6.83. The quantitative estimate of drug-likeness (QED) is 0.680. The van der Waals surface area contributed by atoms with Crippen LogP contribution in [-0.2, 0) is 17.9 Å². The molecule has 4 rings (SSSR count). The molecule has 29 heavy (non-hydrogen) atoms. The van der Waals surface area contributed by atoms with Crippen molar-refractivity contribution >= 4 is 11.6 Å². The number of pyridine rings is 1. The minimum Gasteiger partial charge on any atom is -0.481 e. The third-order valence-electron chi connectivity index (χ3n) is 4.78. The van der Waals surface area contributed by atoms with E-state index in [9.17, 15) is 14.7 Å². The number of aromatic carboxylic acids is 1. The van der Waals surface area contributed by atoms with Gasteiger partial charge >= 0.3 is 11.5 Å². The van der Waals surface area contributed by atoms with E-state index in [1.807, 2.05) is 36.4 Å². The summed E-state index contributed by atoms with van der Waals surface area (Å²) in [5.41, 5.74) is 1.11. The molecule has 0 spiro atoms. The van der Waals surface area contributed by atoms with E-state index >= 15 is 0 Å². The molecule has 1 fully saturated rings. The number of carboxylic acids is 1. The zero-order chi connectivity index (χ0) is 20.2. The summed E-state index contributed by atoms with van der Waals surface area (Å²) in [7, 11) is 0. The zero-order valence-corrected chi connectivity index (χ0v) is 15.8. The highest BCUT2D eigenvalue weighted by Gasteiger charge is 2.21. The molecule has 0 saturated carbocycles. The van der Waals surface area contributed by atoms with Gasteiger partial charge in [0.15, 0.2) is 5.69 Å². The van der Waals surface area contributed by atoms with Crippen LogP contribution >= 0.6 is 0 Å². The number of benzene rings is 1. The van der Waals surface area contributed by atoms with Gasteiger partial charge in [-0.15, -0.1) is 0 Å². The molecule has 8 heteroatoms. The highest BCUT2D eigenvalue weighted by molar-refractivity contribution is 5.89. The van der Waals surface area contributed by atoms with Crippen LogP contribution in [0.15, 0.2) is 53.5 Å². The maximum Gasteiger partial charge on any atom is 0.358 e. The van der Waals surface area contributed by atoms with Gasteiger partial charge in [-0.3, -0.25) is 14.1 Å². The van der Waals surface area contributed by atoms with Crippen LogP contribution in [0, 0.1) is 0 Å². The predicted molar refractivity (Wildman–Crippen MR) is 105 cm³/mol. The van der Waals surface area contributed by atoms with Gasteiger partial charge in [0.1, 0.15) is 12.3 Å². The number of morpholine rings is 1. The first-order valence-electron chi connectivity index (χ1n) is 9.37. The molecular formula is C21H21N3O5. The fourth-order valence-electron chi connectivity index (χ4n) is 3.28. The van der Waals surface area contributed by atoms with Crippen molar-refractivity contribution < 1.29 is 19.4 Å². The lowest BCUT2D eigenvalue weighted by Gasteiger charge is -2.26. The smallest absolute Gasteiger partial charge is 0.358 e. The molecule has 150 valence electrons. The Hall–Kier alpha value is -3.23. The molecule has 3 aromatic rings. The molecule has 8 nitrogen and oxygen atoms in total. The molecule has 1 aromatic carbocycles. The molecule has 0 atom stereocenters. The van der Waals surface area contributed by atoms with Crippen LogP contribution in [0.1, 0.15) is 21.6 Å². The van der Waals surface area contributed by atoms with Crippen LogP contribution < -0.4 is 10.3 Å². The van der Waals surface area contributed by atoms with Crippen molar-refractivity contribution in [1.29, 1.82) is 0 Å². The molecular weight excluding hydrogens is 374 g/mol. The van der Waals surface area contributed by atoms with Crippen molar-refractivity contribution in [3.05, 3.63) is 75.8 Å². The molecule has 0 radical (unpaired) electrons. The average molecular weight is 395 g/mol. The van der Waals surface area contributed by atoms with E-state index in [0.29, 0.717) is 19.8 Å². The second-order valence-electron chi connectivity index (χ2n) is 6.83. The van der Waals surface area contributed by atoms with E-state index in [2.05, 4.69) is 9.88 Å². The zero-order valence-electron chi connectivity index (χ0n) is 15.8. The number of fused-ring (bicyclic) bond motifs is 1. The number of nitrogens with zero attached hydrogens (tertiary/aromatic N) is 3. The first kappa shape index (κ1) is 19.1. The van der Waals surface area contributed by atoms with Crippen LogP contribution in [0.2, 0.25) is 0 Å². The van der Waals surface area contributed by atoms with Gasteiger partial charge in [0, 0.05) is 25.8 Å². The Morgan fingerprint density at radius 2 is 1.86 bits per heavy atom. The standard InChI is InChI=1S/C21H21N3O5/c25-20-19(29-14-15-4-2-1-3-5-15)18(21(26)27)22-17-7-6-16(13-24(17)20)12-23-8-10-28-11-9-23/h1-7,13H,8-12,14H2,(H,26,27). The number of carboxylic acid groups (broad SMARTS) is 1. The third kappa shape index (κ3) is 4.28. The van der Waals surface area contributed by atoms with Gasteiger partial charge in [0.25, 0.3) is 0 Å². The lowest BCUT2D eigenvalue weighted by Crippen LogP contribution is -2.35. The summed E-state index contributed by atoms with van der Waals surface area (Å²) in [5.74, 6) is -1.56. The number of rotatable bonds is 6. The van der Waals surface area contributed by atoms with Gasteiger partial charge in [-0.2, -0.15) is 0 Å². The summed E-state index contributed by atoms with van der Waals surface area (Å²) in [6.07, 6.45) is 1.70. The van der Waals surface area contributed by atoms with E-state index in [1.165, 1.54) is 4.40 Å². The summed E-state index contributed by atoms with van der Waals surface area (Å²) < 4.78 is 12.3. The Labute approximate surface area is 166 Å². The highest BCUT2D eigenvalue weighted by Crippen LogP contribution is 2.16. The van der Waals surface area contributed by atoms with Crippen molar-refractivity contribution in [2.24, 2.45) is 0 Å². The molecule has 1 N–H and O–H groups in total. The molecule has 1 aliphatic rings. The minimum atomic E-state index is -1.30. The minimum absolute atomic E-state index is 0.0809. The molecule has 0 amide bonds. The van der Waals surface area contributed by atoms with Crippen molar-refractivity contribution in [2.75, 3.05) is 26.3 Å². The summed E-state index contributed by atoms with van der Waals surface area (Å²) >= 11 is 0. The van der Waals surface area contributed by atoms with Gasteiger partial charge < -0.3 is 14.6 Å². The molecule has 3 heterocycles. The lowest BCUT2D eigenvalue weighted by atomic mass is 10.2. The first-order chi connectivity index (χ1) is 14.1. The Balaban J connectivity index is 1.68. The van der Waals surface area contributed by atoms with Crippen LogP contribution in [-0.4, -0.2) is 51.7 Å². The number of carbonyl (C=O) groups is 1. The van der Waals surface area contributed by atoms with Crippen LogP contribution in [0.3, 0.4) is 0 Å². The monoisotopic (exact) mass is 395 g/mol. The predicted octanol–water partition coefficient (Wildman–Crippen LogP) is 1.80. The van der Waals surface area contributed by atoms with Crippen LogP contribution in [0.4, 0.5) is 0 Å². The van der Waals surface area contributed by atoms with Gasteiger partial charge in [-0.25, -0.2) is 9.78 Å². The van der Waals surface area contributed by atoms with Gasteiger partial charge in [-0.05, 0) is 17.2 Å². The fourth-order valence-corrected chi connectivity index (χ4v) is 3.28. The van der Waals surface area contributed by atoms with E-state index in [4.69, 9.17) is 9.47 Å². The topological polar surface area (TPSA) is 93.4 Å². The summed E-state index contributed by atoms with van der Waals surface area (Å²) in [6, 6.07) is 12.8. The second kappa shape index (κ2) is 8.42. The fraction of sp³-hybridized carbons (Fsp3) is 0.286. The van der Waals surface area contributed by atoms with Gasteiger partial charge in [0.05, 0.1) is 13.2 Å². The first-order valence-corrected chi connectivity index (χ1v) is 9.37. The van der Waals surface area contributed by atoms with Crippen molar-refractivity contribution in [2.45, 2.75) is 13.2 Å². The number of aromatic nitrogens is 2. The van der Waals surface area contributed by atoms with Gasteiger partial charge in [0.2, 0.25) is 5.75 Å². The van der Waals surface area contributed by atoms with E-state index in [0.717, 1.165) is 24.2 Å². The van der Waals surface area contributed by atoms with Crippen molar-refractivity contribution in [3.8, 4) is 5.75 Å². The third-order valence-corrected chi connectivity index (χ3v) is 4.78. The summed E-state index contributed by atoms with van der Waals surface area (Å²) in [6.45, 7) is 3.79. The normalized spacial score (nSPS) is 14.8. The van der Waals surface area contributed by atoms with Crippen molar-refractivity contribution in [1.82, 2.24) is 14.3 Å². The Morgan fingerprint density at radius 3 is 2.59 bits per heavy atom. The average Bonchev–Trinajstić information content (AvgIpc) is 2.74. The Bertz CT molecular complexity index is 1070.